The molecule has 0 spiro atoms. The van der Waals surface area contributed by atoms with Crippen LogP contribution in [0.4, 0.5) is 5.69 Å². The van der Waals surface area contributed by atoms with E-state index in [1.807, 2.05) is 29.2 Å². The fourth-order valence-electron chi connectivity index (χ4n) is 4.06. The van der Waals surface area contributed by atoms with Crippen molar-refractivity contribution in [3.8, 4) is 0 Å². The molecule has 0 aliphatic carbocycles. The Hall–Kier alpha value is -1.92. The average Bonchev–Trinajstić information content (AvgIpc) is 2.69. The first-order chi connectivity index (χ1) is 13.4. The molecule has 28 heavy (non-hydrogen) atoms. The molecule has 2 heterocycles. The molecule has 0 N–H and O–H groups in total. The first-order valence-corrected chi connectivity index (χ1v) is 10.5. The van der Waals surface area contributed by atoms with Gasteiger partial charge in [-0.15, -0.1) is 0 Å². The van der Waals surface area contributed by atoms with Crippen LogP contribution in [0.3, 0.4) is 0 Å². The number of piperazine rings is 2. The summed E-state index contributed by atoms with van der Waals surface area (Å²) in [6, 6.07) is 7.83. The van der Waals surface area contributed by atoms with Crippen LogP contribution < -0.4 is 4.90 Å². The van der Waals surface area contributed by atoms with Crippen LogP contribution in [-0.2, 0) is 4.79 Å². The molecule has 2 aliphatic rings. The quantitative estimate of drug-likeness (QED) is 0.698. The minimum Gasteiger partial charge on any atom is -0.369 e. The highest BCUT2D eigenvalue weighted by Crippen LogP contribution is 2.18. The van der Waals surface area contributed by atoms with E-state index in [0.29, 0.717) is 12.5 Å². The van der Waals surface area contributed by atoms with Gasteiger partial charge in [0.25, 0.3) is 0 Å². The molecule has 1 aromatic rings. The lowest BCUT2D eigenvalue weighted by atomic mass is 10.1. The number of rotatable bonds is 6. The number of carbonyl (C=O) groups is 2. The van der Waals surface area contributed by atoms with Crippen LogP contribution >= 0.6 is 0 Å². The Balaban J connectivity index is 1.42. The van der Waals surface area contributed by atoms with Crippen LogP contribution in [0.1, 0.15) is 31.1 Å². The van der Waals surface area contributed by atoms with E-state index < -0.39 is 0 Å². The van der Waals surface area contributed by atoms with E-state index in [9.17, 15) is 9.59 Å². The van der Waals surface area contributed by atoms with Crippen LogP contribution in [0.25, 0.3) is 0 Å². The van der Waals surface area contributed by atoms with Gasteiger partial charge in [-0.05, 0) is 37.1 Å². The molecule has 0 radical (unpaired) electrons. The fourth-order valence-corrected chi connectivity index (χ4v) is 4.06. The Morgan fingerprint density at radius 1 is 0.857 bits per heavy atom. The van der Waals surface area contributed by atoms with Gasteiger partial charge in [0.05, 0.1) is 6.54 Å². The monoisotopic (exact) mass is 386 g/mol. The lowest BCUT2D eigenvalue weighted by molar-refractivity contribution is -0.134. The van der Waals surface area contributed by atoms with E-state index >= 15 is 0 Å². The number of carbonyl (C=O) groups excluding carboxylic acids is 2. The number of hydrogen-bond donors (Lipinski definition) is 0. The molecule has 0 unspecified atom stereocenters. The second-order valence-electron chi connectivity index (χ2n) is 8.44. The molecule has 3 rings (SSSR count). The Morgan fingerprint density at radius 3 is 1.96 bits per heavy atom. The molecule has 154 valence electrons. The van der Waals surface area contributed by atoms with E-state index in [0.717, 1.165) is 70.2 Å². The normalized spacial score (nSPS) is 19.3. The standard InChI is InChI=1S/C22H34N4O2/c1-18(2)16-23-10-14-26(15-11-23)22(28)17-24-8-12-25(13-9-24)21-6-4-20(5-7-21)19(3)27/h4-7,18H,8-17H2,1-3H3. The number of Topliss-reactive ketones (excluding diaryl/α,β-unsaturated/α-hetero) is 1. The SMILES string of the molecule is CC(=O)c1ccc(N2CCN(CC(=O)N3CCN(CC(C)C)CC3)CC2)cc1. The van der Waals surface area contributed by atoms with Crippen LogP contribution in [-0.4, -0.2) is 91.8 Å². The summed E-state index contributed by atoms with van der Waals surface area (Å²) in [7, 11) is 0. The Morgan fingerprint density at radius 2 is 1.43 bits per heavy atom. The number of hydrogen-bond acceptors (Lipinski definition) is 5. The van der Waals surface area contributed by atoms with Gasteiger partial charge in [-0.2, -0.15) is 0 Å². The summed E-state index contributed by atoms with van der Waals surface area (Å²) < 4.78 is 0. The van der Waals surface area contributed by atoms with Crippen LogP contribution in [0, 0.1) is 5.92 Å². The topological polar surface area (TPSA) is 47.1 Å². The molecule has 0 atom stereocenters. The predicted octanol–water partition coefficient (Wildman–Crippen LogP) is 1.81. The highest BCUT2D eigenvalue weighted by atomic mass is 16.2. The van der Waals surface area contributed by atoms with E-state index in [1.165, 1.54) is 0 Å². The second kappa shape index (κ2) is 9.52. The van der Waals surface area contributed by atoms with Gasteiger partial charge in [-0.25, -0.2) is 0 Å². The van der Waals surface area contributed by atoms with E-state index in [4.69, 9.17) is 0 Å². The largest absolute Gasteiger partial charge is 0.369 e. The van der Waals surface area contributed by atoms with Gasteiger partial charge < -0.3 is 9.80 Å². The van der Waals surface area contributed by atoms with Gasteiger partial charge in [0.2, 0.25) is 5.91 Å². The zero-order chi connectivity index (χ0) is 20.1. The van der Waals surface area contributed by atoms with Crippen molar-refractivity contribution in [3.63, 3.8) is 0 Å². The Bertz CT molecular complexity index is 658. The van der Waals surface area contributed by atoms with Crippen molar-refractivity contribution >= 4 is 17.4 Å². The van der Waals surface area contributed by atoms with Gasteiger partial charge in [-0.1, -0.05) is 13.8 Å². The van der Waals surface area contributed by atoms with Crippen molar-refractivity contribution in [1.29, 1.82) is 0 Å². The number of ketones is 1. The lowest BCUT2D eigenvalue weighted by Crippen LogP contribution is -2.54. The summed E-state index contributed by atoms with van der Waals surface area (Å²) in [5, 5.41) is 0. The summed E-state index contributed by atoms with van der Waals surface area (Å²) in [5.74, 6) is 1.04. The predicted molar refractivity (Wildman–Crippen MR) is 113 cm³/mol. The molecule has 6 nitrogen and oxygen atoms in total. The maximum absolute atomic E-state index is 12.7. The average molecular weight is 387 g/mol. The zero-order valence-electron chi connectivity index (χ0n) is 17.6. The molecule has 1 aromatic carbocycles. The van der Waals surface area contributed by atoms with Crippen molar-refractivity contribution in [2.45, 2.75) is 20.8 Å². The molecule has 2 fully saturated rings. The van der Waals surface area contributed by atoms with Crippen molar-refractivity contribution in [2.24, 2.45) is 5.92 Å². The molecular formula is C22H34N4O2. The molecule has 0 aromatic heterocycles. The number of nitrogens with zero attached hydrogens (tertiary/aromatic N) is 4. The Labute approximate surface area is 169 Å². The number of amides is 1. The van der Waals surface area contributed by atoms with Crippen molar-refractivity contribution < 1.29 is 9.59 Å². The smallest absolute Gasteiger partial charge is 0.236 e. The third-order valence-electron chi connectivity index (χ3n) is 5.72. The van der Waals surface area contributed by atoms with Crippen molar-refractivity contribution in [2.75, 3.05) is 70.3 Å². The maximum atomic E-state index is 12.7. The van der Waals surface area contributed by atoms with E-state index in [1.54, 1.807) is 6.92 Å². The first kappa shape index (κ1) is 20.8. The molecule has 1 amide bonds. The summed E-state index contributed by atoms with van der Waals surface area (Å²) in [5.41, 5.74) is 1.90. The zero-order valence-corrected chi connectivity index (χ0v) is 17.6. The first-order valence-electron chi connectivity index (χ1n) is 10.5. The molecule has 2 saturated heterocycles. The molecule has 2 aliphatic heterocycles. The lowest BCUT2D eigenvalue weighted by Gasteiger charge is -2.39. The Kier molecular flexibility index (Phi) is 7.08. The molecule has 0 saturated carbocycles. The van der Waals surface area contributed by atoms with Gasteiger partial charge in [-0.3, -0.25) is 19.4 Å². The van der Waals surface area contributed by atoms with Crippen LogP contribution in [0.2, 0.25) is 0 Å². The molecule has 6 heteroatoms. The van der Waals surface area contributed by atoms with Crippen LogP contribution in [0.15, 0.2) is 24.3 Å². The van der Waals surface area contributed by atoms with Crippen molar-refractivity contribution in [1.82, 2.24) is 14.7 Å². The number of anilines is 1. The summed E-state index contributed by atoms with van der Waals surface area (Å²) in [6.07, 6.45) is 0. The third-order valence-corrected chi connectivity index (χ3v) is 5.72. The van der Waals surface area contributed by atoms with Gasteiger partial charge in [0.1, 0.15) is 0 Å². The van der Waals surface area contributed by atoms with Gasteiger partial charge in [0, 0.05) is 70.2 Å². The minimum absolute atomic E-state index is 0.0971. The highest BCUT2D eigenvalue weighted by molar-refractivity contribution is 5.94. The number of benzene rings is 1. The summed E-state index contributed by atoms with van der Waals surface area (Å²) in [4.78, 5) is 33.2. The summed E-state index contributed by atoms with van der Waals surface area (Å²) in [6.45, 7) is 15.0. The second-order valence-corrected chi connectivity index (χ2v) is 8.44. The highest BCUT2D eigenvalue weighted by Gasteiger charge is 2.25. The minimum atomic E-state index is 0.0971. The van der Waals surface area contributed by atoms with Gasteiger partial charge >= 0.3 is 0 Å². The summed E-state index contributed by atoms with van der Waals surface area (Å²) >= 11 is 0. The van der Waals surface area contributed by atoms with E-state index in [-0.39, 0.29) is 11.7 Å². The fraction of sp³-hybridized carbons (Fsp3) is 0.636. The maximum Gasteiger partial charge on any atom is 0.236 e. The van der Waals surface area contributed by atoms with Crippen molar-refractivity contribution in [3.05, 3.63) is 29.8 Å². The van der Waals surface area contributed by atoms with E-state index in [2.05, 4.69) is 28.5 Å². The van der Waals surface area contributed by atoms with Crippen LogP contribution in [0.5, 0.6) is 0 Å². The van der Waals surface area contributed by atoms with Gasteiger partial charge in [0.15, 0.2) is 5.78 Å². The molecule has 0 bridgehead atoms. The third kappa shape index (κ3) is 5.55. The molecular weight excluding hydrogens is 352 g/mol.